The molecule has 1 atom stereocenters. The third-order valence-electron chi connectivity index (χ3n) is 13.0. The number of ether oxygens (including phenoxy) is 3. The molecule has 0 saturated carbocycles. The van der Waals surface area contributed by atoms with Crippen molar-refractivity contribution in [2.75, 3.05) is 13.2 Å². The molecule has 0 aliphatic rings. The van der Waals surface area contributed by atoms with Gasteiger partial charge in [0.05, 0.1) is 0 Å². The summed E-state index contributed by atoms with van der Waals surface area (Å²) in [6, 6.07) is 0. The van der Waals surface area contributed by atoms with Crippen molar-refractivity contribution in [1.82, 2.24) is 0 Å². The first kappa shape index (κ1) is 66.1. The van der Waals surface area contributed by atoms with Gasteiger partial charge in [0, 0.05) is 19.3 Å². The van der Waals surface area contributed by atoms with Gasteiger partial charge in [0.25, 0.3) is 0 Å². The van der Waals surface area contributed by atoms with Crippen LogP contribution in [0.15, 0.2) is 60.8 Å². The summed E-state index contributed by atoms with van der Waals surface area (Å²) >= 11 is 0. The molecule has 0 aromatic carbocycles. The van der Waals surface area contributed by atoms with E-state index in [2.05, 4.69) is 81.5 Å². The molecule has 0 aliphatic carbocycles. The molecule has 0 rings (SSSR count). The minimum atomic E-state index is -0.773. The normalized spacial score (nSPS) is 12.4. The van der Waals surface area contributed by atoms with Crippen LogP contribution in [0.25, 0.3) is 0 Å². The first-order valence-corrected chi connectivity index (χ1v) is 29.8. The molecule has 6 heteroatoms. The standard InChI is InChI=1S/C63H112O6/c1-4-7-10-13-16-19-21-23-25-27-29-30-31-32-33-34-35-37-38-40-42-44-47-50-53-56-62(65)68-59-60(58-67-61(64)55-52-49-46-18-15-12-9-6-3)69-63(66)57-54-51-48-45-43-41-39-36-28-26-24-22-20-17-14-11-8-5-2/h7,10,16,19,23,25-26,28-30,60H,4-6,8-9,11-15,17-18,20-22,24,27,31-59H2,1-3H3/b10-7-,19-16-,25-23-,28-26-,30-29-. The number of hydrogen-bond acceptors (Lipinski definition) is 6. The summed E-state index contributed by atoms with van der Waals surface area (Å²) in [6.07, 6.45) is 72.3. The second kappa shape index (κ2) is 57.7. The van der Waals surface area contributed by atoms with Crippen LogP contribution in [0.5, 0.6) is 0 Å². The highest BCUT2D eigenvalue weighted by molar-refractivity contribution is 5.71. The molecular formula is C63H112O6. The van der Waals surface area contributed by atoms with Crippen molar-refractivity contribution < 1.29 is 28.6 Å². The Morgan fingerprint density at radius 1 is 0.304 bits per heavy atom. The lowest BCUT2D eigenvalue weighted by Gasteiger charge is -2.18. The van der Waals surface area contributed by atoms with Gasteiger partial charge < -0.3 is 14.2 Å². The van der Waals surface area contributed by atoms with Crippen LogP contribution < -0.4 is 0 Å². The average Bonchev–Trinajstić information content (AvgIpc) is 3.35. The Bertz CT molecular complexity index is 1250. The first-order valence-electron chi connectivity index (χ1n) is 29.8. The zero-order valence-corrected chi connectivity index (χ0v) is 45.8. The van der Waals surface area contributed by atoms with Gasteiger partial charge in [0.15, 0.2) is 6.10 Å². The van der Waals surface area contributed by atoms with E-state index in [9.17, 15) is 14.4 Å². The maximum Gasteiger partial charge on any atom is 0.306 e. The minimum Gasteiger partial charge on any atom is -0.462 e. The smallest absolute Gasteiger partial charge is 0.306 e. The Morgan fingerprint density at radius 3 is 0.899 bits per heavy atom. The molecule has 0 radical (unpaired) electrons. The minimum absolute atomic E-state index is 0.0735. The number of hydrogen-bond donors (Lipinski definition) is 0. The molecule has 69 heavy (non-hydrogen) atoms. The summed E-state index contributed by atoms with van der Waals surface area (Å²) < 4.78 is 16.8. The number of esters is 3. The largest absolute Gasteiger partial charge is 0.462 e. The van der Waals surface area contributed by atoms with Crippen LogP contribution in [0.4, 0.5) is 0 Å². The van der Waals surface area contributed by atoms with E-state index >= 15 is 0 Å². The fourth-order valence-corrected chi connectivity index (χ4v) is 8.55. The fourth-order valence-electron chi connectivity index (χ4n) is 8.55. The highest BCUT2D eigenvalue weighted by Gasteiger charge is 2.19. The number of allylic oxidation sites excluding steroid dienone is 10. The molecule has 0 aliphatic heterocycles. The molecule has 0 spiro atoms. The molecule has 0 aromatic rings. The molecule has 0 N–H and O–H groups in total. The molecule has 0 saturated heterocycles. The Balaban J connectivity index is 4.18. The molecule has 0 aromatic heterocycles. The van der Waals surface area contributed by atoms with Gasteiger partial charge >= 0.3 is 17.9 Å². The van der Waals surface area contributed by atoms with Crippen molar-refractivity contribution in [1.29, 1.82) is 0 Å². The molecule has 0 fully saturated rings. The van der Waals surface area contributed by atoms with Crippen molar-refractivity contribution in [3.8, 4) is 0 Å². The quantitative estimate of drug-likeness (QED) is 0.0262. The third kappa shape index (κ3) is 55.9. The molecule has 400 valence electrons. The molecule has 0 bridgehead atoms. The number of unbranched alkanes of at least 4 members (excludes halogenated alkanes) is 33. The zero-order chi connectivity index (χ0) is 50.0. The summed E-state index contributed by atoms with van der Waals surface area (Å²) in [7, 11) is 0. The van der Waals surface area contributed by atoms with Gasteiger partial charge in [-0.3, -0.25) is 14.4 Å². The fraction of sp³-hybridized carbons (Fsp3) is 0.794. The Hall–Kier alpha value is -2.89. The first-order chi connectivity index (χ1) is 34.0. The zero-order valence-electron chi connectivity index (χ0n) is 45.8. The second-order valence-electron chi connectivity index (χ2n) is 19.9. The van der Waals surface area contributed by atoms with Gasteiger partial charge in [-0.1, -0.05) is 261 Å². The van der Waals surface area contributed by atoms with E-state index in [1.54, 1.807) is 0 Å². The van der Waals surface area contributed by atoms with E-state index < -0.39 is 6.10 Å². The maximum absolute atomic E-state index is 12.8. The van der Waals surface area contributed by atoms with Gasteiger partial charge in [-0.2, -0.15) is 0 Å². The number of carbonyl (C=O) groups is 3. The predicted octanol–water partition coefficient (Wildman–Crippen LogP) is 20.0. The lowest BCUT2D eigenvalue weighted by atomic mass is 10.0. The van der Waals surface area contributed by atoms with E-state index in [0.717, 1.165) is 83.5 Å². The summed E-state index contributed by atoms with van der Waals surface area (Å²) in [4.78, 5) is 38.0. The van der Waals surface area contributed by atoms with E-state index in [1.165, 1.54) is 180 Å². The number of rotatable bonds is 54. The maximum atomic E-state index is 12.8. The topological polar surface area (TPSA) is 78.9 Å². The highest BCUT2D eigenvalue weighted by atomic mass is 16.6. The van der Waals surface area contributed by atoms with Crippen LogP contribution in [-0.2, 0) is 28.6 Å². The predicted molar refractivity (Wildman–Crippen MR) is 298 cm³/mol. The Kier molecular flexibility index (Phi) is 55.3. The lowest BCUT2D eigenvalue weighted by molar-refractivity contribution is -0.167. The van der Waals surface area contributed by atoms with E-state index in [-0.39, 0.29) is 31.1 Å². The van der Waals surface area contributed by atoms with Crippen LogP contribution in [0.1, 0.15) is 303 Å². The summed E-state index contributed by atoms with van der Waals surface area (Å²) in [5.41, 5.74) is 0. The van der Waals surface area contributed by atoms with E-state index in [1.807, 2.05) is 0 Å². The highest BCUT2D eigenvalue weighted by Crippen LogP contribution is 2.16. The van der Waals surface area contributed by atoms with Gasteiger partial charge in [0.2, 0.25) is 0 Å². The van der Waals surface area contributed by atoms with Crippen LogP contribution in [0.3, 0.4) is 0 Å². The van der Waals surface area contributed by atoms with Crippen molar-refractivity contribution in [2.24, 2.45) is 0 Å². The van der Waals surface area contributed by atoms with Crippen molar-refractivity contribution in [3.05, 3.63) is 60.8 Å². The molecule has 0 heterocycles. The second-order valence-corrected chi connectivity index (χ2v) is 19.9. The summed E-state index contributed by atoms with van der Waals surface area (Å²) in [5.74, 6) is -0.872. The Labute approximate surface area is 428 Å². The van der Waals surface area contributed by atoms with Crippen LogP contribution in [0.2, 0.25) is 0 Å². The van der Waals surface area contributed by atoms with Crippen LogP contribution >= 0.6 is 0 Å². The number of carbonyl (C=O) groups excluding carboxylic acids is 3. The summed E-state index contributed by atoms with van der Waals surface area (Å²) in [6.45, 7) is 6.52. The van der Waals surface area contributed by atoms with Crippen molar-refractivity contribution in [3.63, 3.8) is 0 Å². The van der Waals surface area contributed by atoms with Crippen LogP contribution in [0, 0.1) is 0 Å². The molecular weight excluding hydrogens is 853 g/mol. The SMILES string of the molecule is CC/C=C\C/C=C\C/C=C\C/C=C\CCCCCCCCCCCCCCC(=O)OCC(COC(=O)CCCCCCCCCC)OC(=O)CCCCCCCCC/C=C\CCCCCCCCC. The molecule has 1 unspecified atom stereocenters. The van der Waals surface area contributed by atoms with E-state index in [4.69, 9.17) is 14.2 Å². The summed E-state index contributed by atoms with van der Waals surface area (Å²) in [5, 5.41) is 0. The van der Waals surface area contributed by atoms with Gasteiger partial charge in [0.1, 0.15) is 13.2 Å². The van der Waals surface area contributed by atoms with Crippen molar-refractivity contribution >= 4 is 17.9 Å². The van der Waals surface area contributed by atoms with Gasteiger partial charge in [-0.15, -0.1) is 0 Å². The Morgan fingerprint density at radius 2 is 0.565 bits per heavy atom. The third-order valence-corrected chi connectivity index (χ3v) is 13.0. The monoisotopic (exact) mass is 965 g/mol. The van der Waals surface area contributed by atoms with E-state index in [0.29, 0.717) is 19.3 Å². The van der Waals surface area contributed by atoms with Crippen molar-refractivity contribution in [2.45, 2.75) is 309 Å². The van der Waals surface area contributed by atoms with Gasteiger partial charge in [-0.05, 0) is 83.5 Å². The molecule has 6 nitrogen and oxygen atoms in total. The average molecular weight is 966 g/mol. The lowest BCUT2D eigenvalue weighted by Crippen LogP contribution is -2.30. The molecule has 0 amide bonds. The van der Waals surface area contributed by atoms with Gasteiger partial charge in [-0.25, -0.2) is 0 Å². The van der Waals surface area contributed by atoms with Crippen LogP contribution in [-0.4, -0.2) is 37.2 Å².